The van der Waals surface area contributed by atoms with Crippen LogP contribution in [-0.4, -0.2) is 13.7 Å². The zero-order valence-electron chi connectivity index (χ0n) is 75.0. The molecule has 0 saturated heterocycles. The van der Waals surface area contributed by atoms with Gasteiger partial charge >= 0.3 is 0 Å². The van der Waals surface area contributed by atoms with Crippen LogP contribution in [0.3, 0.4) is 0 Å². The first-order valence-electron chi connectivity index (χ1n) is 41.7. The second-order valence-electron chi connectivity index (χ2n) is 45.4. The zero-order valence-corrected chi connectivity index (χ0v) is 75.0. The fraction of sp³-hybridized carbons (Fsp3) is 0.444. The summed E-state index contributed by atoms with van der Waals surface area (Å²) in [6.45, 7) is 81.5. The molecule has 582 valence electrons. The lowest BCUT2D eigenvalue weighted by atomic mass is 9.72. The van der Waals surface area contributed by atoms with Gasteiger partial charge in [-0.3, -0.25) is 0 Å². The van der Waals surface area contributed by atoms with E-state index in [-0.39, 0.29) is 65.0 Å². The van der Waals surface area contributed by atoms with E-state index in [2.05, 4.69) is 425 Å². The number of hydrogen-bond donors (Lipinski definition) is 0. The molecule has 0 atom stereocenters. The molecule has 13 aromatic rings. The summed E-state index contributed by atoms with van der Waals surface area (Å²) in [5.41, 5.74) is 31.3. The zero-order chi connectivity index (χ0) is 81.6. The Hall–Kier alpha value is -8.40. The lowest BCUT2D eigenvalue weighted by Crippen LogP contribution is -2.26. The van der Waals surface area contributed by atoms with E-state index in [9.17, 15) is 0 Å². The van der Waals surface area contributed by atoms with Crippen molar-refractivity contribution in [2.24, 2.45) is 0 Å². The van der Waals surface area contributed by atoms with Crippen molar-refractivity contribution >= 4 is 65.4 Å². The monoisotopic (exact) mass is 1470 g/mol. The minimum absolute atomic E-state index is 0.00463. The minimum atomic E-state index is -0.319. The maximum absolute atomic E-state index is 2.69. The Kier molecular flexibility index (Phi) is 19.3. The summed E-state index contributed by atoms with van der Waals surface area (Å²) in [6.07, 6.45) is 1.67. The molecule has 10 aromatic carbocycles. The van der Waals surface area contributed by atoms with Gasteiger partial charge in [0.15, 0.2) is 0 Å². The van der Waals surface area contributed by atoms with Crippen LogP contribution in [0.4, 0.5) is 0 Å². The standard InChI is InChI=1S/C108H135N3/c1-97(2,3)69-41-47-86-80(58-69)81-59-70(98(4,5)6)42-48-87(81)109(86)93-53-66(51-79(95(93)105(25,26)27)68-55-75(101(13,14)15)57-76(56-68)102(16,17)18)64-107(31,32)73-44-50-89-83(61-73)82-60-71(99(7,8)9)43-49-88(82)110(89)94-54-67(52-85(104(22,23)24)96(94)106(28,29)30)65-108(33,34)74-40-46-78-77-45-39-72(100(10,11)12)62-91(77)111(92(78)63-74)90-38-36-35-37-84(90)103(19,20)21/h35-63H,64-65H2,1-34H3. The molecule has 0 saturated carbocycles. The topological polar surface area (TPSA) is 14.8 Å². The highest BCUT2D eigenvalue weighted by atomic mass is 15.0. The molecule has 3 heteroatoms. The molecule has 0 radical (unpaired) electrons. The van der Waals surface area contributed by atoms with E-state index in [0.717, 1.165) is 12.8 Å². The number of para-hydroxylation sites is 1. The van der Waals surface area contributed by atoms with Crippen molar-refractivity contribution in [1.29, 1.82) is 0 Å². The molecule has 0 aliphatic carbocycles. The van der Waals surface area contributed by atoms with Gasteiger partial charge in [0.25, 0.3) is 0 Å². The molecular formula is C108H135N3. The van der Waals surface area contributed by atoms with Crippen molar-refractivity contribution in [1.82, 2.24) is 13.7 Å². The smallest absolute Gasteiger partial charge is 0.0544 e. The van der Waals surface area contributed by atoms with Crippen LogP contribution in [0.2, 0.25) is 0 Å². The largest absolute Gasteiger partial charge is 0.309 e. The van der Waals surface area contributed by atoms with Crippen LogP contribution in [0.1, 0.15) is 313 Å². The molecule has 3 heterocycles. The maximum atomic E-state index is 2.69. The number of rotatable bonds is 10. The van der Waals surface area contributed by atoms with Crippen LogP contribution in [0.15, 0.2) is 176 Å². The van der Waals surface area contributed by atoms with E-state index in [0.29, 0.717) is 0 Å². The van der Waals surface area contributed by atoms with Crippen LogP contribution in [0, 0.1) is 0 Å². The molecule has 0 amide bonds. The van der Waals surface area contributed by atoms with Crippen LogP contribution in [-0.2, 0) is 77.8 Å². The Morgan fingerprint density at radius 1 is 0.207 bits per heavy atom. The molecule has 0 aliphatic heterocycles. The summed E-state index contributed by atoms with van der Waals surface area (Å²) >= 11 is 0. The predicted octanol–water partition coefficient (Wildman–Crippen LogP) is 30.7. The van der Waals surface area contributed by atoms with Crippen molar-refractivity contribution in [3.05, 3.63) is 254 Å². The van der Waals surface area contributed by atoms with Gasteiger partial charge in [-0.05, 0) is 246 Å². The Morgan fingerprint density at radius 2 is 0.523 bits per heavy atom. The predicted molar refractivity (Wildman–Crippen MR) is 488 cm³/mol. The Labute approximate surface area is 670 Å². The Morgan fingerprint density at radius 3 is 0.910 bits per heavy atom. The van der Waals surface area contributed by atoms with E-state index >= 15 is 0 Å². The van der Waals surface area contributed by atoms with Gasteiger partial charge < -0.3 is 13.7 Å². The van der Waals surface area contributed by atoms with E-state index in [1.165, 1.54) is 171 Å². The van der Waals surface area contributed by atoms with Crippen molar-refractivity contribution in [3.63, 3.8) is 0 Å². The van der Waals surface area contributed by atoms with Crippen molar-refractivity contribution in [3.8, 4) is 28.2 Å². The summed E-state index contributed by atoms with van der Waals surface area (Å²) < 4.78 is 7.95. The Bertz CT molecular complexity index is 5730. The fourth-order valence-corrected chi connectivity index (χ4v) is 18.1. The average Bonchev–Trinajstić information content (AvgIpc) is 1.61. The van der Waals surface area contributed by atoms with Gasteiger partial charge in [0.2, 0.25) is 0 Å². The molecule has 0 aliphatic rings. The maximum Gasteiger partial charge on any atom is 0.0544 e. The van der Waals surface area contributed by atoms with E-state index in [1.54, 1.807) is 0 Å². The minimum Gasteiger partial charge on any atom is -0.309 e. The molecule has 111 heavy (non-hydrogen) atoms. The second-order valence-corrected chi connectivity index (χ2v) is 45.4. The summed E-state index contributed by atoms with van der Waals surface area (Å²) in [4.78, 5) is 0. The van der Waals surface area contributed by atoms with Gasteiger partial charge in [0, 0.05) is 38.0 Å². The molecular weight excluding hydrogens is 1340 g/mol. The van der Waals surface area contributed by atoms with Gasteiger partial charge in [0.05, 0.1) is 44.5 Å². The second kappa shape index (κ2) is 26.6. The quantitative estimate of drug-likeness (QED) is 0.130. The third-order valence-electron chi connectivity index (χ3n) is 24.7. The fourth-order valence-electron chi connectivity index (χ4n) is 18.1. The van der Waals surface area contributed by atoms with Crippen LogP contribution < -0.4 is 0 Å². The van der Waals surface area contributed by atoms with Crippen LogP contribution in [0.25, 0.3) is 93.6 Å². The molecule has 0 fully saturated rings. The molecule has 3 nitrogen and oxygen atoms in total. The number of hydrogen-bond acceptors (Lipinski definition) is 0. The number of fused-ring (bicyclic) bond motifs is 9. The van der Waals surface area contributed by atoms with Crippen molar-refractivity contribution in [2.75, 3.05) is 0 Å². The summed E-state index contributed by atoms with van der Waals surface area (Å²) in [5, 5.41) is 7.80. The molecule has 0 spiro atoms. The van der Waals surface area contributed by atoms with Gasteiger partial charge in [-0.25, -0.2) is 0 Å². The third kappa shape index (κ3) is 15.1. The van der Waals surface area contributed by atoms with Gasteiger partial charge in [0.1, 0.15) is 0 Å². The van der Waals surface area contributed by atoms with Crippen LogP contribution in [0.5, 0.6) is 0 Å². The lowest BCUT2D eigenvalue weighted by molar-refractivity contribution is 0.511. The highest BCUT2D eigenvalue weighted by Crippen LogP contribution is 2.50. The highest BCUT2D eigenvalue weighted by Gasteiger charge is 2.37. The third-order valence-corrected chi connectivity index (χ3v) is 24.7. The van der Waals surface area contributed by atoms with Crippen LogP contribution >= 0.6 is 0 Å². The Balaban J connectivity index is 1.02. The summed E-state index contributed by atoms with van der Waals surface area (Å²) in [5.74, 6) is 0. The van der Waals surface area contributed by atoms with Gasteiger partial charge in [-0.2, -0.15) is 0 Å². The number of nitrogens with zero attached hydrogens (tertiary/aromatic N) is 3. The number of aromatic nitrogens is 3. The van der Waals surface area contributed by atoms with E-state index < -0.39 is 0 Å². The number of benzene rings is 10. The molecule has 0 unspecified atom stereocenters. The normalized spacial score (nSPS) is 13.9. The van der Waals surface area contributed by atoms with Gasteiger partial charge in [-0.1, -0.05) is 332 Å². The SMILES string of the molecule is CC(C)(C)c1cc(-c2cc(CC(C)(C)c3ccc4c(c3)c3cc(C(C)(C)C)ccc3n4-c3cc(CC(C)(C)c4ccc5c6ccc(C(C)(C)C)cc6n(-c6ccccc6C(C)(C)C)c5c4)cc(C(C)(C)C)c3C(C)(C)C)cc(-n3c4ccc(C(C)(C)C)cc4c4cc(C(C)(C)C)ccc43)c2C(C)(C)C)cc(C(C)(C)C)c1. The lowest BCUT2D eigenvalue weighted by Gasteiger charge is -2.35. The van der Waals surface area contributed by atoms with E-state index in [4.69, 9.17) is 0 Å². The highest BCUT2D eigenvalue weighted by molar-refractivity contribution is 6.12. The summed E-state index contributed by atoms with van der Waals surface area (Å²) in [6, 6.07) is 71.4. The first kappa shape index (κ1) is 80.6. The average molecular weight is 1480 g/mol. The molecule has 0 N–H and O–H groups in total. The first-order chi connectivity index (χ1) is 50.8. The van der Waals surface area contributed by atoms with E-state index in [1.807, 2.05) is 0 Å². The summed E-state index contributed by atoms with van der Waals surface area (Å²) in [7, 11) is 0. The van der Waals surface area contributed by atoms with Gasteiger partial charge in [-0.15, -0.1) is 0 Å². The molecule has 13 rings (SSSR count). The van der Waals surface area contributed by atoms with Crippen molar-refractivity contribution in [2.45, 2.75) is 313 Å². The molecule has 3 aromatic heterocycles. The first-order valence-corrected chi connectivity index (χ1v) is 41.7. The van der Waals surface area contributed by atoms with Crippen molar-refractivity contribution < 1.29 is 0 Å². The molecule has 0 bridgehead atoms.